The number of aliphatic hydroxyl groups is 2. The number of piperazine rings is 1. The first kappa shape index (κ1) is 16.2. The molecule has 0 aromatic carbocycles. The highest BCUT2D eigenvalue weighted by atomic mass is 16.3. The molecule has 1 heterocycles. The number of hydrogen-bond donors (Lipinski definition) is 2. The lowest BCUT2D eigenvalue weighted by Gasteiger charge is -2.45. The van der Waals surface area contributed by atoms with Gasteiger partial charge >= 0.3 is 0 Å². The van der Waals surface area contributed by atoms with Gasteiger partial charge in [0.1, 0.15) is 0 Å². The van der Waals surface area contributed by atoms with Crippen LogP contribution in [0.2, 0.25) is 0 Å². The molecule has 0 amide bonds. The fourth-order valence-electron chi connectivity index (χ4n) is 3.85. The molecule has 0 spiro atoms. The molecule has 118 valence electrons. The number of aliphatic hydroxyl groups excluding tert-OH is 1. The summed E-state index contributed by atoms with van der Waals surface area (Å²) < 4.78 is 0. The van der Waals surface area contributed by atoms with Crippen LogP contribution in [-0.4, -0.2) is 70.5 Å². The van der Waals surface area contributed by atoms with Crippen molar-refractivity contribution in [2.75, 3.05) is 32.7 Å². The first-order chi connectivity index (χ1) is 9.52. The Balaban J connectivity index is 1.86. The van der Waals surface area contributed by atoms with Crippen molar-refractivity contribution in [2.24, 2.45) is 0 Å². The van der Waals surface area contributed by atoms with Gasteiger partial charge in [-0.15, -0.1) is 0 Å². The minimum atomic E-state index is -0.441. The van der Waals surface area contributed by atoms with Crippen molar-refractivity contribution in [2.45, 2.75) is 70.1 Å². The average molecular weight is 284 g/mol. The summed E-state index contributed by atoms with van der Waals surface area (Å²) in [6.07, 6.45) is 6.43. The molecular formula is C16H32N2O2. The highest BCUT2D eigenvalue weighted by Crippen LogP contribution is 2.29. The molecule has 2 rings (SSSR count). The van der Waals surface area contributed by atoms with E-state index < -0.39 is 5.60 Å². The molecule has 1 aliphatic heterocycles. The zero-order valence-corrected chi connectivity index (χ0v) is 13.2. The Kier molecular flexibility index (Phi) is 5.84. The van der Waals surface area contributed by atoms with E-state index in [1.807, 2.05) is 6.92 Å². The molecule has 0 aromatic rings. The van der Waals surface area contributed by atoms with Gasteiger partial charge in [-0.3, -0.25) is 9.80 Å². The van der Waals surface area contributed by atoms with E-state index in [4.69, 9.17) is 0 Å². The van der Waals surface area contributed by atoms with Crippen LogP contribution in [0.1, 0.15) is 52.4 Å². The van der Waals surface area contributed by atoms with Gasteiger partial charge in [0.25, 0.3) is 0 Å². The number of rotatable bonds is 5. The van der Waals surface area contributed by atoms with E-state index in [9.17, 15) is 10.2 Å². The van der Waals surface area contributed by atoms with Crippen LogP contribution in [-0.2, 0) is 0 Å². The smallest absolute Gasteiger partial charge is 0.0774 e. The normalized spacial score (nSPS) is 30.3. The van der Waals surface area contributed by atoms with E-state index in [1.165, 1.54) is 19.3 Å². The Morgan fingerprint density at radius 2 is 1.90 bits per heavy atom. The summed E-state index contributed by atoms with van der Waals surface area (Å²) in [5.74, 6) is 0. The van der Waals surface area contributed by atoms with Crippen LogP contribution in [0.5, 0.6) is 0 Å². The lowest BCUT2D eigenvalue weighted by Crippen LogP contribution is -2.57. The molecule has 1 aliphatic carbocycles. The Morgan fingerprint density at radius 1 is 1.20 bits per heavy atom. The molecule has 4 nitrogen and oxygen atoms in total. The molecule has 20 heavy (non-hydrogen) atoms. The Bertz CT molecular complexity index is 290. The molecule has 0 unspecified atom stereocenters. The van der Waals surface area contributed by atoms with Crippen LogP contribution in [0.25, 0.3) is 0 Å². The molecule has 4 heteroatoms. The number of hydrogen-bond acceptors (Lipinski definition) is 4. The monoisotopic (exact) mass is 284 g/mol. The third-order valence-electron chi connectivity index (χ3n) is 4.96. The summed E-state index contributed by atoms with van der Waals surface area (Å²) >= 11 is 0. The fourth-order valence-corrected chi connectivity index (χ4v) is 3.85. The van der Waals surface area contributed by atoms with Crippen LogP contribution in [0.4, 0.5) is 0 Å². The molecule has 2 atom stereocenters. The molecule has 0 bridgehead atoms. The van der Waals surface area contributed by atoms with Crippen LogP contribution < -0.4 is 0 Å². The van der Waals surface area contributed by atoms with Gasteiger partial charge in [0, 0.05) is 38.8 Å². The Hall–Kier alpha value is -0.160. The minimum absolute atomic E-state index is 0.252. The molecule has 2 aliphatic rings. The van der Waals surface area contributed by atoms with Gasteiger partial charge in [-0.1, -0.05) is 26.2 Å². The van der Waals surface area contributed by atoms with Gasteiger partial charge < -0.3 is 10.2 Å². The lowest BCUT2D eigenvalue weighted by molar-refractivity contribution is -0.0478. The van der Waals surface area contributed by atoms with Crippen molar-refractivity contribution in [1.82, 2.24) is 9.80 Å². The van der Waals surface area contributed by atoms with Gasteiger partial charge in [0.05, 0.1) is 11.7 Å². The maximum absolute atomic E-state index is 10.7. The van der Waals surface area contributed by atoms with Gasteiger partial charge in [-0.05, 0) is 26.2 Å². The summed E-state index contributed by atoms with van der Waals surface area (Å²) in [5.41, 5.74) is -0.441. The second-order valence-corrected chi connectivity index (χ2v) is 6.93. The van der Waals surface area contributed by atoms with Gasteiger partial charge in [-0.25, -0.2) is 0 Å². The second kappa shape index (κ2) is 7.21. The molecule has 2 N–H and O–H groups in total. The van der Waals surface area contributed by atoms with Gasteiger partial charge in [0.2, 0.25) is 0 Å². The molecular weight excluding hydrogens is 252 g/mol. The number of β-amino-alcohol motifs (C(OH)–C–C–N with tert-alkyl or cyclic N) is 2. The van der Waals surface area contributed by atoms with E-state index in [0.29, 0.717) is 6.04 Å². The van der Waals surface area contributed by atoms with E-state index in [2.05, 4.69) is 16.7 Å². The third-order valence-corrected chi connectivity index (χ3v) is 4.96. The Morgan fingerprint density at radius 3 is 2.50 bits per heavy atom. The zero-order valence-electron chi connectivity index (χ0n) is 13.2. The van der Waals surface area contributed by atoms with E-state index in [1.54, 1.807) is 0 Å². The van der Waals surface area contributed by atoms with Crippen molar-refractivity contribution in [3.05, 3.63) is 0 Å². The van der Waals surface area contributed by atoms with Crippen molar-refractivity contribution >= 4 is 0 Å². The highest BCUT2D eigenvalue weighted by molar-refractivity contribution is 4.89. The quantitative estimate of drug-likeness (QED) is 0.802. The largest absolute Gasteiger partial charge is 0.392 e. The zero-order chi connectivity index (χ0) is 14.6. The topological polar surface area (TPSA) is 46.9 Å². The fraction of sp³-hybridized carbons (Fsp3) is 1.00. The summed E-state index contributed by atoms with van der Waals surface area (Å²) in [6, 6.07) is 0.519. The summed E-state index contributed by atoms with van der Waals surface area (Å²) in [4.78, 5) is 4.85. The van der Waals surface area contributed by atoms with Gasteiger partial charge in [0.15, 0.2) is 0 Å². The minimum Gasteiger partial charge on any atom is -0.392 e. The van der Waals surface area contributed by atoms with E-state index >= 15 is 0 Å². The van der Waals surface area contributed by atoms with Crippen molar-refractivity contribution in [3.63, 3.8) is 0 Å². The average Bonchev–Trinajstić information content (AvgIpc) is 2.40. The van der Waals surface area contributed by atoms with Crippen molar-refractivity contribution in [3.8, 4) is 0 Å². The summed E-state index contributed by atoms with van der Waals surface area (Å²) in [6.45, 7) is 8.77. The molecule has 1 saturated carbocycles. The van der Waals surface area contributed by atoms with Crippen molar-refractivity contribution in [1.29, 1.82) is 0 Å². The predicted molar refractivity (Wildman–Crippen MR) is 81.8 cm³/mol. The van der Waals surface area contributed by atoms with Crippen LogP contribution in [0.15, 0.2) is 0 Å². The lowest BCUT2D eigenvalue weighted by atomic mass is 9.84. The third kappa shape index (κ3) is 4.42. The Labute approximate surface area is 123 Å². The van der Waals surface area contributed by atoms with Crippen LogP contribution in [0, 0.1) is 0 Å². The standard InChI is InChI=1S/C16H32N2O2/c1-3-15-12-17(9-10-18(15)11-14(2)19)13-16(20)7-5-4-6-8-16/h14-15,19-20H,3-13H2,1-2H3/t14-,15+/m0/s1. The summed E-state index contributed by atoms with van der Waals surface area (Å²) in [5, 5.41) is 20.3. The van der Waals surface area contributed by atoms with Crippen LogP contribution >= 0.6 is 0 Å². The van der Waals surface area contributed by atoms with E-state index in [-0.39, 0.29) is 6.10 Å². The molecule has 0 aromatic heterocycles. The number of nitrogens with zero attached hydrogens (tertiary/aromatic N) is 2. The predicted octanol–water partition coefficient (Wildman–Crippen LogP) is 1.46. The second-order valence-electron chi connectivity index (χ2n) is 6.93. The maximum Gasteiger partial charge on any atom is 0.0774 e. The summed E-state index contributed by atoms with van der Waals surface area (Å²) in [7, 11) is 0. The van der Waals surface area contributed by atoms with Crippen molar-refractivity contribution < 1.29 is 10.2 Å². The first-order valence-corrected chi connectivity index (χ1v) is 8.39. The van der Waals surface area contributed by atoms with E-state index in [0.717, 1.165) is 52.0 Å². The molecule has 0 radical (unpaired) electrons. The first-order valence-electron chi connectivity index (χ1n) is 8.39. The SMILES string of the molecule is CC[C@@H]1CN(CC2(O)CCCCC2)CCN1C[C@H](C)O. The molecule has 2 fully saturated rings. The van der Waals surface area contributed by atoms with Gasteiger partial charge in [-0.2, -0.15) is 0 Å². The maximum atomic E-state index is 10.7. The highest BCUT2D eigenvalue weighted by Gasteiger charge is 2.34. The molecule has 1 saturated heterocycles. The van der Waals surface area contributed by atoms with Crippen LogP contribution in [0.3, 0.4) is 0 Å².